The van der Waals surface area contributed by atoms with Crippen LogP contribution in [0, 0.1) is 0 Å². The molecule has 0 radical (unpaired) electrons. The Morgan fingerprint density at radius 3 is 2.83 bits per heavy atom. The maximum absolute atomic E-state index is 3.37. The summed E-state index contributed by atoms with van der Waals surface area (Å²) in [5.41, 5.74) is 11.5. The first kappa shape index (κ1) is 11.1. The fourth-order valence-corrected chi connectivity index (χ4v) is 2.24. The number of para-hydroxylation sites is 1. The first-order valence-corrected chi connectivity index (χ1v) is 6.31. The van der Waals surface area contributed by atoms with Gasteiger partial charge in [0.15, 0.2) is 0 Å². The molecule has 0 saturated heterocycles. The fourth-order valence-electron chi connectivity index (χ4n) is 2.24. The first-order chi connectivity index (χ1) is 8.92. The maximum Gasteiger partial charge on any atom is 0.0487 e. The summed E-state index contributed by atoms with van der Waals surface area (Å²) in [4.78, 5) is 0. The quantitative estimate of drug-likeness (QED) is 0.718. The summed E-state index contributed by atoms with van der Waals surface area (Å²) in [5, 5.41) is 3.37. The molecular formula is C15H17N3. The van der Waals surface area contributed by atoms with Crippen LogP contribution in [0.2, 0.25) is 0 Å². The molecular weight excluding hydrogens is 222 g/mol. The van der Waals surface area contributed by atoms with Crippen molar-refractivity contribution in [3.8, 4) is 0 Å². The molecule has 3 N–H and O–H groups in total. The van der Waals surface area contributed by atoms with Crippen LogP contribution in [0.3, 0.4) is 0 Å². The molecule has 0 aromatic heterocycles. The lowest BCUT2D eigenvalue weighted by Gasteiger charge is -2.09. The zero-order valence-corrected chi connectivity index (χ0v) is 10.2. The average molecular weight is 239 g/mol. The molecule has 0 bridgehead atoms. The highest BCUT2D eigenvalue weighted by molar-refractivity contribution is 5.56. The lowest BCUT2D eigenvalue weighted by atomic mass is 10.1. The number of hydrazine groups is 1. The number of fused-ring (bicyclic) bond motifs is 1. The van der Waals surface area contributed by atoms with Crippen LogP contribution in [0.4, 0.5) is 11.4 Å². The van der Waals surface area contributed by atoms with Crippen LogP contribution in [-0.4, -0.2) is 6.54 Å². The molecule has 3 rings (SSSR count). The predicted octanol–water partition coefficient (Wildman–Crippen LogP) is 2.77. The maximum atomic E-state index is 3.37. The van der Waals surface area contributed by atoms with Crippen LogP contribution in [0.25, 0.3) is 0 Å². The summed E-state index contributed by atoms with van der Waals surface area (Å²) >= 11 is 0. The van der Waals surface area contributed by atoms with Gasteiger partial charge < -0.3 is 10.7 Å². The largest absolute Gasteiger partial charge is 0.384 e. The average Bonchev–Trinajstić information content (AvgIpc) is 2.87. The number of rotatable bonds is 4. The Hall–Kier alpha value is -2.00. The van der Waals surface area contributed by atoms with E-state index in [1.165, 1.54) is 16.8 Å². The van der Waals surface area contributed by atoms with Crippen LogP contribution in [0.5, 0.6) is 0 Å². The predicted molar refractivity (Wildman–Crippen MR) is 75.5 cm³/mol. The Morgan fingerprint density at radius 2 is 1.94 bits per heavy atom. The zero-order valence-electron chi connectivity index (χ0n) is 10.2. The molecule has 0 atom stereocenters. The molecule has 0 spiro atoms. The normalized spacial score (nSPS) is 12.9. The number of hydrogen-bond donors (Lipinski definition) is 3. The van der Waals surface area contributed by atoms with Gasteiger partial charge in [0.1, 0.15) is 0 Å². The van der Waals surface area contributed by atoms with Gasteiger partial charge in [0.05, 0.1) is 0 Å². The second-order valence-electron chi connectivity index (χ2n) is 4.51. The molecule has 0 saturated carbocycles. The SMILES string of the molecule is c1ccc(NNCc2ccc3c(c2)CCN3)cc1. The van der Waals surface area contributed by atoms with Crippen LogP contribution < -0.4 is 16.2 Å². The monoisotopic (exact) mass is 239 g/mol. The van der Waals surface area contributed by atoms with Crippen LogP contribution >= 0.6 is 0 Å². The molecule has 1 aliphatic rings. The molecule has 0 amide bonds. The van der Waals surface area contributed by atoms with Crippen LogP contribution in [-0.2, 0) is 13.0 Å². The second-order valence-corrected chi connectivity index (χ2v) is 4.51. The molecule has 1 aliphatic heterocycles. The second kappa shape index (κ2) is 5.10. The number of nitrogens with one attached hydrogen (secondary N) is 3. The molecule has 92 valence electrons. The van der Waals surface area contributed by atoms with Crippen LogP contribution in [0.1, 0.15) is 11.1 Å². The summed E-state index contributed by atoms with van der Waals surface area (Å²) < 4.78 is 0. The van der Waals surface area contributed by atoms with Gasteiger partial charge >= 0.3 is 0 Å². The Balaban J connectivity index is 1.57. The molecule has 2 aromatic carbocycles. The molecule has 1 heterocycles. The minimum atomic E-state index is 0.822. The highest BCUT2D eigenvalue weighted by Gasteiger charge is 2.09. The van der Waals surface area contributed by atoms with E-state index in [9.17, 15) is 0 Å². The van der Waals surface area contributed by atoms with Crippen molar-refractivity contribution >= 4 is 11.4 Å². The van der Waals surface area contributed by atoms with E-state index in [4.69, 9.17) is 0 Å². The number of anilines is 2. The Labute approximate surface area is 107 Å². The standard InChI is InChI=1S/C15H17N3/c1-2-4-14(5-3-1)18-17-11-12-6-7-15-13(10-12)8-9-16-15/h1-7,10,16-18H,8-9,11H2. The van der Waals surface area contributed by atoms with E-state index in [0.717, 1.165) is 25.2 Å². The first-order valence-electron chi connectivity index (χ1n) is 6.31. The van der Waals surface area contributed by atoms with E-state index >= 15 is 0 Å². The third kappa shape index (κ3) is 2.46. The molecule has 0 unspecified atom stereocenters. The third-order valence-electron chi connectivity index (χ3n) is 3.18. The highest BCUT2D eigenvalue weighted by atomic mass is 15.3. The molecule has 18 heavy (non-hydrogen) atoms. The van der Waals surface area contributed by atoms with E-state index in [-0.39, 0.29) is 0 Å². The molecule has 0 aliphatic carbocycles. The summed E-state index contributed by atoms with van der Waals surface area (Å²) in [6.45, 7) is 1.89. The summed E-state index contributed by atoms with van der Waals surface area (Å²) in [6.07, 6.45) is 1.13. The van der Waals surface area contributed by atoms with Crippen molar-refractivity contribution in [1.29, 1.82) is 0 Å². The van der Waals surface area contributed by atoms with Crippen molar-refractivity contribution < 1.29 is 0 Å². The summed E-state index contributed by atoms with van der Waals surface area (Å²) in [6, 6.07) is 16.7. The van der Waals surface area contributed by atoms with Gasteiger partial charge in [0.25, 0.3) is 0 Å². The highest BCUT2D eigenvalue weighted by Crippen LogP contribution is 2.22. The van der Waals surface area contributed by atoms with Crippen molar-refractivity contribution in [1.82, 2.24) is 5.43 Å². The van der Waals surface area contributed by atoms with Crippen molar-refractivity contribution in [3.63, 3.8) is 0 Å². The van der Waals surface area contributed by atoms with Gasteiger partial charge in [-0.3, -0.25) is 0 Å². The van der Waals surface area contributed by atoms with Gasteiger partial charge in [-0.1, -0.05) is 30.3 Å². The van der Waals surface area contributed by atoms with Crippen molar-refractivity contribution in [2.75, 3.05) is 17.3 Å². The Kier molecular flexibility index (Phi) is 3.15. The lowest BCUT2D eigenvalue weighted by Crippen LogP contribution is -2.20. The smallest absolute Gasteiger partial charge is 0.0487 e. The Bertz CT molecular complexity index is 523. The van der Waals surface area contributed by atoms with E-state index in [1.807, 2.05) is 30.3 Å². The number of benzene rings is 2. The van der Waals surface area contributed by atoms with Gasteiger partial charge in [-0.2, -0.15) is 0 Å². The summed E-state index contributed by atoms with van der Waals surface area (Å²) in [7, 11) is 0. The van der Waals surface area contributed by atoms with Crippen molar-refractivity contribution in [2.45, 2.75) is 13.0 Å². The lowest BCUT2D eigenvalue weighted by molar-refractivity contribution is 0.800. The van der Waals surface area contributed by atoms with E-state index < -0.39 is 0 Å². The fraction of sp³-hybridized carbons (Fsp3) is 0.200. The van der Waals surface area contributed by atoms with Crippen molar-refractivity contribution in [3.05, 3.63) is 59.7 Å². The number of hydrogen-bond acceptors (Lipinski definition) is 3. The topological polar surface area (TPSA) is 36.1 Å². The van der Waals surface area contributed by atoms with Gasteiger partial charge in [-0.25, -0.2) is 5.43 Å². The van der Waals surface area contributed by atoms with Crippen molar-refractivity contribution in [2.24, 2.45) is 0 Å². The van der Waals surface area contributed by atoms with E-state index in [2.05, 4.69) is 34.4 Å². The minimum absolute atomic E-state index is 0.822. The Morgan fingerprint density at radius 1 is 1.06 bits per heavy atom. The van der Waals surface area contributed by atoms with Crippen LogP contribution in [0.15, 0.2) is 48.5 Å². The molecule has 3 nitrogen and oxygen atoms in total. The molecule has 3 heteroatoms. The molecule has 2 aromatic rings. The van der Waals surface area contributed by atoms with Gasteiger partial charge in [-0.15, -0.1) is 0 Å². The zero-order chi connectivity index (χ0) is 12.2. The van der Waals surface area contributed by atoms with Gasteiger partial charge in [0.2, 0.25) is 0 Å². The van der Waals surface area contributed by atoms with E-state index in [1.54, 1.807) is 0 Å². The van der Waals surface area contributed by atoms with Gasteiger partial charge in [-0.05, 0) is 35.7 Å². The molecule has 0 fully saturated rings. The summed E-state index contributed by atoms with van der Waals surface area (Å²) in [5.74, 6) is 0. The third-order valence-corrected chi connectivity index (χ3v) is 3.18. The minimum Gasteiger partial charge on any atom is -0.384 e. The van der Waals surface area contributed by atoms with E-state index in [0.29, 0.717) is 0 Å². The van der Waals surface area contributed by atoms with Gasteiger partial charge in [0, 0.05) is 24.5 Å².